The van der Waals surface area contributed by atoms with Crippen LogP contribution in [0.2, 0.25) is 6.32 Å². The molecule has 0 radical (unpaired) electrons. The van der Waals surface area contributed by atoms with E-state index >= 15 is 0 Å². The smallest absolute Gasteiger partial charge is 0.451 e. The van der Waals surface area contributed by atoms with Gasteiger partial charge in [-0.3, -0.25) is 4.79 Å². The van der Waals surface area contributed by atoms with Gasteiger partial charge < -0.3 is 25.3 Å². The summed E-state index contributed by atoms with van der Waals surface area (Å²) in [6.45, 7) is -0.523. The summed E-state index contributed by atoms with van der Waals surface area (Å²) in [6, 6.07) is -0.236. The van der Waals surface area contributed by atoms with E-state index in [2.05, 4.69) is 9.71 Å². The standard InChI is InChI=1S/C11H19BN4O7S/c13-11(9(17)18)7-16(6-8(11)2-1-3-12(19)20)24(21,22)15-10-14-4-5-23-10/h4-5,8,19-20H,1-3,6-7,13H2,(H,14,15)(H,17,18)/t8-,11-/m0/s1. The number of hydrogen-bond acceptors (Lipinski definition) is 8. The van der Waals surface area contributed by atoms with Crippen LogP contribution in [0.3, 0.4) is 0 Å². The first-order valence-corrected chi connectivity index (χ1v) is 8.65. The summed E-state index contributed by atoms with van der Waals surface area (Å²) in [4.78, 5) is 15.2. The molecule has 2 heterocycles. The average Bonchev–Trinajstić information content (AvgIpc) is 3.07. The molecule has 1 aromatic rings. The summed E-state index contributed by atoms with van der Waals surface area (Å²) >= 11 is 0. The minimum Gasteiger partial charge on any atom is -0.480 e. The maximum atomic E-state index is 12.3. The Kier molecular flexibility index (Phi) is 5.50. The number of aliphatic carboxylic acids is 1. The Morgan fingerprint density at radius 3 is 2.83 bits per heavy atom. The Bertz CT molecular complexity index is 668. The molecule has 6 N–H and O–H groups in total. The summed E-state index contributed by atoms with van der Waals surface area (Å²) in [7, 11) is -5.58. The minimum absolute atomic E-state index is 0.0491. The third kappa shape index (κ3) is 4.05. The Morgan fingerprint density at radius 2 is 2.29 bits per heavy atom. The van der Waals surface area contributed by atoms with Crippen LogP contribution in [0.4, 0.5) is 6.01 Å². The van der Waals surface area contributed by atoms with Crippen molar-refractivity contribution in [2.45, 2.75) is 24.7 Å². The van der Waals surface area contributed by atoms with Crippen LogP contribution in [-0.4, -0.2) is 64.6 Å². The topological polar surface area (TPSA) is 179 Å². The maximum absolute atomic E-state index is 12.3. The molecule has 0 bridgehead atoms. The Morgan fingerprint density at radius 1 is 1.58 bits per heavy atom. The highest BCUT2D eigenvalue weighted by Crippen LogP contribution is 2.32. The zero-order chi connectivity index (χ0) is 18.0. The van der Waals surface area contributed by atoms with Crippen LogP contribution < -0.4 is 10.5 Å². The lowest BCUT2D eigenvalue weighted by atomic mass is 9.78. The first-order chi connectivity index (χ1) is 11.1. The lowest BCUT2D eigenvalue weighted by Crippen LogP contribution is -2.55. The highest BCUT2D eigenvalue weighted by atomic mass is 32.2. The van der Waals surface area contributed by atoms with Gasteiger partial charge in [0.05, 0.1) is 6.20 Å². The molecule has 0 unspecified atom stereocenters. The molecule has 0 spiro atoms. The van der Waals surface area contributed by atoms with E-state index in [0.29, 0.717) is 6.42 Å². The van der Waals surface area contributed by atoms with Crippen LogP contribution >= 0.6 is 0 Å². The van der Waals surface area contributed by atoms with E-state index in [0.717, 1.165) is 4.31 Å². The van der Waals surface area contributed by atoms with Crippen molar-refractivity contribution in [2.75, 3.05) is 17.8 Å². The molecule has 1 aliphatic rings. The first-order valence-electron chi connectivity index (χ1n) is 7.21. The van der Waals surface area contributed by atoms with Crippen molar-refractivity contribution in [3.63, 3.8) is 0 Å². The van der Waals surface area contributed by atoms with Crippen molar-refractivity contribution in [3.8, 4) is 0 Å². The molecule has 0 aliphatic carbocycles. The van der Waals surface area contributed by atoms with Crippen LogP contribution in [0.15, 0.2) is 16.9 Å². The monoisotopic (exact) mass is 362 g/mol. The summed E-state index contributed by atoms with van der Waals surface area (Å²) in [5, 5.41) is 27.1. The molecule has 24 heavy (non-hydrogen) atoms. The van der Waals surface area contributed by atoms with Crippen molar-refractivity contribution < 1.29 is 32.8 Å². The van der Waals surface area contributed by atoms with Gasteiger partial charge in [0.2, 0.25) is 0 Å². The van der Waals surface area contributed by atoms with Crippen LogP contribution in [0.1, 0.15) is 12.8 Å². The molecule has 1 fully saturated rings. The molecule has 0 amide bonds. The van der Waals surface area contributed by atoms with Crippen molar-refractivity contribution in [1.82, 2.24) is 9.29 Å². The van der Waals surface area contributed by atoms with Gasteiger partial charge in [0.1, 0.15) is 11.8 Å². The first kappa shape index (κ1) is 18.7. The molecule has 11 nitrogen and oxygen atoms in total. The average molecular weight is 362 g/mol. The number of aromatic nitrogens is 1. The lowest BCUT2D eigenvalue weighted by Gasteiger charge is -2.25. The summed E-state index contributed by atoms with van der Waals surface area (Å²) in [5.74, 6) is -1.99. The molecule has 2 rings (SSSR count). The van der Waals surface area contributed by atoms with Gasteiger partial charge in [-0.25, -0.2) is 9.71 Å². The predicted octanol–water partition coefficient (Wildman–Crippen LogP) is -1.70. The van der Waals surface area contributed by atoms with E-state index in [1.54, 1.807) is 0 Å². The van der Waals surface area contributed by atoms with Gasteiger partial charge in [-0.05, 0) is 12.7 Å². The fraction of sp³-hybridized carbons (Fsp3) is 0.636. The number of carboxylic acid groups (broad SMARTS) is 1. The van der Waals surface area contributed by atoms with Crippen molar-refractivity contribution in [1.29, 1.82) is 0 Å². The molecule has 0 aromatic carbocycles. The van der Waals surface area contributed by atoms with Crippen molar-refractivity contribution in [2.24, 2.45) is 11.7 Å². The number of oxazole rings is 1. The van der Waals surface area contributed by atoms with Gasteiger partial charge in [-0.2, -0.15) is 12.7 Å². The largest absolute Gasteiger partial charge is 0.480 e. The number of carbonyl (C=O) groups is 1. The van der Waals surface area contributed by atoms with E-state index in [9.17, 15) is 18.3 Å². The number of nitrogens with zero attached hydrogens (tertiary/aromatic N) is 2. The molecule has 1 aromatic heterocycles. The molecule has 1 aliphatic heterocycles. The van der Waals surface area contributed by atoms with E-state index in [-0.39, 0.29) is 25.3 Å². The highest BCUT2D eigenvalue weighted by Gasteiger charge is 2.52. The van der Waals surface area contributed by atoms with Crippen molar-refractivity contribution in [3.05, 3.63) is 12.5 Å². The Balaban J connectivity index is 2.11. The maximum Gasteiger partial charge on any atom is 0.451 e. The summed E-state index contributed by atoms with van der Waals surface area (Å²) in [5.41, 5.74) is 4.17. The zero-order valence-corrected chi connectivity index (χ0v) is 13.5. The van der Waals surface area contributed by atoms with Gasteiger partial charge >= 0.3 is 29.3 Å². The number of hydrogen-bond donors (Lipinski definition) is 5. The second kappa shape index (κ2) is 7.07. The molecular formula is C11H19BN4O7S. The molecule has 134 valence electrons. The molecule has 0 saturated carbocycles. The summed E-state index contributed by atoms with van der Waals surface area (Å²) in [6.07, 6.45) is 3.04. The molecule has 1 saturated heterocycles. The number of rotatable bonds is 8. The third-order valence-electron chi connectivity index (χ3n) is 3.99. The Labute approximate surface area is 138 Å². The van der Waals surface area contributed by atoms with E-state index in [1.807, 2.05) is 0 Å². The fourth-order valence-corrected chi connectivity index (χ4v) is 3.87. The van der Waals surface area contributed by atoms with Gasteiger partial charge in [0.25, 0.3) is 0 Å². The van der Waals surface area contributed by atoms with Gasteiger partial charge in [0.15, 0.2) is 0 Å². The fourth-order valence-electron chi connectivity index (χ4n) is 2.66. The molecular weight excluding hydrogens is 343 g/mol. The second-order valence-electron chi connectivity index (χ2n) is 5.69. The third-order valence-corrected chi connectivity index (χ3v) is 5.38. The van der Waals surface area contributed by atoms with E-state index < -0.39 is 41.3 Å². The Hall–Kier alpha value is -1.67. The normalized spacial score (nSPS) is 24.9. The van der Waals surface area contributed by atoms with Gasteiger partial charge in [0, 0.05) is 19.0 Å². The predicted molar refractivity (Wildman–Crippen MR) is 82.9 cm³/mol. The van der Waals surface area contributed by atoms with Crippen LogP contribution in [0.5, 0.6) is 0 Å². The number of anilines is 1. The lowest BCUT2D eigenvalue weighted by molar-refractivity contribution is -0.144. The van der Waals surface area contributed by atoms with E-state index in [4.69, 9.17) is 20.2 Å². The molecule has 13 heteroatoms. The number of nitrogens with one attached hydrogen (secondary N) is 1. The quantitative estimate of drug-likeness (QED) is 0.337. The van der Waals surface area contributed by atoms with Gasteiger partial charge in [-0.1, -0.05) is 6.42 Å². The van der Waals surface area contributed by atoms with Gasteiger partial charge in [-0.15, -0.1) is 0 Å². The van der Waals surface area contributed by atoms with Crippen LogP contribution in [-0.2, 0) is 15.0 Å². The zero-order valence-electron chi connectivity index (χ0n) is 12.7. The summed E-state index contributed by atoms with van der Waals surface area (Å²) < 4.78 is 32.5. The number of nitrogens with two attached hydrogens (primary N) is 1. The number of carboxylic acids is 1. The molecule has 2 atom stereocenters. The minimum atomic E-state index is -4.08. The van der Waals surface area contributed by atoms with Crippen molar-refractivity contribution >= 4 is 29.3 Å². The second-order valence-corrected chi connectivity index (χ2v) is 7.36. The van der Waals surface area contributed by atoms with Crippen LogP contribution in [0, 0.1) is 5.92 Å². The van der Waals surface area contributed by atoms with Crippen LogP contribution in [0.25, 0.3) is 0 Å². The SMILES string of the molecule is N[C@@]1(C(=O)O)CN(S(=O)(=O)Nc2ncco2)C[C@@H]1CCCB(O)O. The van der Waals surface area contributed by atoms with E-state index in [1.165, 1.54) is 12.5 Å². The highest BCUT2D eigenvalue weighted by molar-refractivity contribution is 7.90.